The first-order valence-corrected chi connectivity index (χ1v) is 25.3. The average molecular weight is 896 g/mol. The monoisotopic (exact) mass is 896 g/mol. The van der Waals surface area contributed by atoms with Crippen molar-refractivity contribution in [3.05, 3.63) is 203 Å². The zero-order valence-corrected chi connectivity index (χ0v) is 42.0. The molecule has 0 unspecified atom stereocenters. The molecule has 3 nitrogen and oxygen atoms in total. The number of hydrogen-bond donors (Lipinski definition) is 0. The molecule has 0 amide bonds. The molecule has 0 spiro atoms. The van der Waals surface area contributed by atoms with Crippen LogP contribution in [0.3, 0.4) is 0 Å². The van der Waals surface area contributed by atoms with Crippen molar-refractivity contribution in [1.29, 1.82) is 0 Å². The van der Waals surface area contributed by atoms with Crippen LogP contribution in [-0.2, 0) is 27.1 Å². The Morgan fingerprint density at radius 1 is 0.362 bits per heavy atom. The van der Waals surface area contributed by atoms with E-state index in [0.29, 0.717) is 0 Å². The molecule has 13 rings (SSSR count). The number of hydrogen-bond acceptors (Lipinski definition) is 3. The van der Waals surface area contributed by atoms with Gasteiger partial charge in [-0.2, -0.15) is 0 Å². The fourth-order valence-electron chi connectivity index (χ4n) is 14.6. The highest BCUT2D eigenvalue weighted by Crippen LogP contribution is 2.57. The Labute approximate surface area is 410 Å². The molecule has 8 aromatic carbocycles. The Morgan fingerprint density at radius 2 is 0.855 bits per heavy atom. The van der Waals surface area contributed by atoms with E-state index < -0.39 is 0 Å². The zero-order chi connectivity index (χ0) is 47.6. The fraction of sp³-hybridized carbons (Fsp3) is 0.262. The molecule has 0 saturated heterocycles. The molecule has 5 aliphatic rings. The van der Waals surface area contributed by atoms with Crippen LogP contribution >= 0.6 is 0 Å². The second kappa shape index (κ2) is 14.2. The second-order valence-electron chi connectivity index (χ2n) is 24.0. The van der Waals surface area contributed by atoms with Crippen LogP contribution in [0, 0.1) is 0 Å². The fourth-order valence-corrected chi connectivity index (χ4v) is 14.6. The molecule has 69 heavy (non-hydrogen) atoms. The van der Waals surface area contributed by atoms with Gasteiger partial charge in [0.2, 0.25) is 0 Å². The van der Waals surface area contributed by atoms with Crippen molar-refractivity contribution in [2.24, 2.45) is 0 Å². The molecule has 0 atom stereocenters. The number of anilines is 9. The lowest BCUT2D eigenvalue weighted by Crippen LogP contribution is -2.61. The summed E-state index contributed by atoms with van der Waals surface area (Å²) in [6, 6.07) is 64.9. The van der Waals surface area contributed by atoms with E-state index in [2.05, 4.69) is 254 Å². The van der Waals surface area contributed by atoms with Crippen LogP contribution in [0.4, 0.5) is 51.2 Å². The molecule has 0 N–H and O–H groups in total. The Morgan fingerprint density at radius 3 is 1.46 bits per heavy atom. The molecule has 340 valence electrons. The van der Waals surface area contributed by atoms with Gasteiger partial charge in [-0.15, -0.1) is 0 Å². The molecule has 0 saturated carbocycles. The van der Waals surface area contributed by atoms with Gasteiger partial charge in [0, 0.05) is 56.6 Å². The molecule has 0 radical (unpaired) electrons. The lowest BCUT2D eigenvalue weighted by atomic mass is 9.33. The summed E-state index contributed by atoms with van der Waals surface area (Å²) in [6.45, 7) is 24.6. The van der Waals surface area contributed by atoms with Crippen molar-refractivity contribution in [2.45, 2.75) is 109 Å². The minimum atomic E-state index is -0.259. The topological polar surface area (TPSA) is 9.72 Å². The summed E-state index contributed by atoms with van der Waals surface area (Å²) in [6.07, 6.45) is 2.26. The highest BCUT2D eigenvalue weighted by atomic mass is 15.2. The smallest absolute Gasteiger partial charge is 0.252 e. The van der Waals surface area contributed by atoms with Gasteiger partial charge in [-0.3, -0.25) is 0 Å². The number of rotatable bonds is 5. The van der Waals surface area contributed by atoms with Crippen LogP contribution in [-0.4, -0.2) is 6.71 Å². The Kier molecular flexibility index (Phi) is 8.69. The summed E-state index contributed by atoms with van der Waals surface area (Å²) >= 11 is 0. The molecule has 0 aromatic heterocycles. The van der Waals surface area contributed by atoms with Gasteiger partial charge in [0.05, 0.1) is 0 Å². The highest BCUT2D eigenvalue weighted by molar-refractivity contribution is 7.00. The van der Waals surface area contributed by atoms with E-state index in [-0.39, 0.29) is 33.8 Å². The molecule has 8 aromatic rings. The Hall–Kier alpha value is -6.78. The molecule has 0 bridgehead atoms. The molecule has 0 fully saturated rings. The van der Waals surface area contributed by atoms with Crippen molar-refractivity contribution < 1.29 is 0 Å². The minimum Gasteiger partial charge on any atom is -0.311 e. The molecule has 2 heterocycles. The van der Waals surface area contributed by atoms with E-state index in [0.717, 1.165) is 24.2 Å². The maximum Gasteiger partial charge on any atom is 0.252 e. The minimum absolute atomic E-state index is 0.0269. The lowest BCUT2D eigenvalue weighted by Gasteiger charge is -2.45. The van der Waals surface area contributed by atoms with Crippen molar-refractivity contribution >= 4 is 74.3 Å². The SMILES string of the molecule is CC1(C)CC(C)(C)c2cc(N3c4cc5c(cc4B4c6cc7c(cc6N(c6ccccc6)c6cccc3c64)-c3ccc(N(c4ccccc4)c4ccccc4)cc3C7(C)C)C(C)(C)CC5(C)C)ccc21. The van der Waals surface area contributed by atoms with E-state index in [1.807, 2.05) is 0 Å². The lowest BCUT2D eigenvalue weighted by molar-refractivity contribution is 0.403. The summed E-state index contributed by atoms with van der Waals surface area (Å²) in [5.41, 5.74) is 26.5. The maximum absolute atomic E-state index is 2.67. The molecular formula is C65H62BN3. The maximum atomic E-state index is 2.67. The van der Waals surface area contributed by atoms with Crippen molar-refractivity contribution in [3.63, 3.8) is 0 Å². The quantitative estimate of drug-likeness (QED) is 0.159. The van der Waals surface area contributed by atoms with Crippen LogP contribution in [0.15, 0.2) is 170 Å². The first kappa shape index (κ1) is 42.3. The van der Waals surface area contributed by atoms with Crippen molar-refractivity contribution in [3.8, 4) is 11.1 Å². The van der Waals surface area contributed by atoms with Crippen molar-refractivity contribution in [2.75, 3.05) is 14.7 Å². The van der Waals surface area contributed by atoms with Crippen molar-refractivity contribution in [1.82, 2.24) is 0 Å². The van der Waals surface area contributed by atoms with Gasteiger partial charge >= 0.3 is 0 Å². The molecule has 4 heteroatoms. The van der Waals surface area contributed by atoms with Gasteiger partial charge in [-0.05, 0) is 180 Å². The van der Waals surface area contributed by atoms with E-state index in [9.17, 15) is 0 Å². The average Bonchev–Trinajstić information content (AvgIpc) is 3.75. The Bertz CT molecular complexity index is 3400. The van der Waals surface area contributed by atoms with Gasteiger partial charge in [-0.25, -0.2) is 0 Å². The van der Waals surface area contributed by atoms with E-state index in [1.54, 1.807) is 0 Å². The van der Waals surface area contributed by atoms with Gasteiger partial charge in [0.1, 0.15) is 0 Å². The summed E-state index contributed by atoms with van der Waals surface area (Å²) in [5.74, 6) is 0. The van der Waals surface area contributed by atoms with Gasteiger partial charge in [0.15, 0.2) is 0 Å². The standard InChI is InChI=1S/C65H62BN3/c1-61(2)39-62(3,4)51-34-45(30-32-48(51)61)69-57-28-20-27-56-60(57)66(55-37-52-53(38-59(55)69)64(7,8)40-63(52,5)6)54-36-50-47(35-58(54)68(56)43-25-18-13-19-26-43)46-31-29-44(33-49(46)65(50,9)10)67(41-21-14-11-15-22-41)42-23-16-12-17-24-42/h11-38H,39-40H2,1-10H3. The van der Waals surface area contributed by atoms with E-state index >= 15 is 0 Å². The predicted octanol–water partition coefficient (Wildman–Crippen LogP) is 15.5. The van der Waals surface area contributed by atoms with Crippen LogP contribution in [0.1, 0.15) is 115 Å². The molecule has 3 aliphatic carbocycles. The summed E-state index contributed by atoms with van der Waals surface area (Å²) in [4.78, 5) is 7.63. The van der Waals surface area contributed by atoms with Crippen LogP contribution < -0.4 is 31.1 Å². The van der Waals surface area contributed by atoms with Gasteiger partial charge < -0.3 is 14.7 Å². The number of nitrogens with zero attached hydrogens (tertiary/aromatic N) is 3. The third-order valence-corrected chi connectivity index (χ3v) is 17.2. The Balaban J connectivity index is 1.06. The third-order valence-electron chi connectivity index (χ3n) is 17.2. The van der Waals surface area contributed by atoms with Crippen LogP contribution in [0.5, 0.6) is 0 Å². The normalized spacial score (nSPS) is 18.4. The molecular weight excluding hydrogens is 834 g/mol. The summed E-state index contributed by atoms with van der Waals surface area (Å²) in [7, 11) is 0. The van der Waals surface area contributed by atoms with E-state index in [4.69, 9.17) is 0 Å². The highest BCUT2D eigenvalue weighted by Gasteiger charge is 2.50. The third kappa shape index (κ3) is 6.00. The second-order valence-corrected chi connectivity index (χ2v) is 24.0. The van der Waals surface area contributed by atoms with E-state index in [1.165, 1.54) is 101 Å². The number of para-hydroxylation sites is 3. The zero-order valence-electron chi connectivity index (χ0n) is 42.0. The van der Waals surface area contributed by atoms with Gasteiger partial charge in [0.25, 0.3) is 6.71 Å². The summed E-state index contributed by atoms with van der Waals surface area (Å²) < 4.78 is 0. The van der Waals surface area contributed by atoms with Gasteiger partial charge in [-0.1, -0.05) is 154 Å². The summed E-state index contributed by atoms with van der Waals surface area (Å²) in [5, 5.41) is 0. The predicted molar refractivity (Wildman–Crippen MR) is 294 cm³/mol. The molecule has 2 aliphatic heterocycles. The largest absolute Gasteiger partial charge is 0.311 e. The number of benzene rings is 8. The first-order valence-electron chi connectivity index (χ1n) is 25.3. The van der Waals surface area contributed by atoms with Crippen LogP contribution in [0.25, 0.3) is 11.1 Å². The first-order chi connectivity index (χ1) is 32.9. The van der Waals surface area contributed by atoms with Crippen LogP contribution in [0.2, 0.25) is 0 Å². The number of fused-ring (bicyclic) bond motifs is 9.